The zero-order valence-electron chi connectivity index (χ0n) is 11.9. The number of aliphatic carboxylic acids is 1. The van der Waals surface area contributed by atoms with Crippen molar-refractivity contribution in [2.45, 2.75) is 32.7 Å². The monoisotopic (exact) mass is 316 g/mol. The topological polar surface area (TPSA) is 69.6 Å². The van der Waals surface area contributed by atoms with Crippen LogP contribution in [0.2, 0.25) is 5.02 Å². The summed E-state index contributed by atoms with van der Waals surface area (Å²) in [6, 6.07) is 3.44. The van der Waals surface area contributed by atoms with Gasteiger partial charge in [-0.05, 0) is 38.5 Å². The van der Waals surface area contributed by atoms with E-state index < -0.39 is 11.8 Å². The Morgan fingerprint density at radius 3 is 2.62 bits per heavy atom. The molecule has 0 atom stereocenters. The first kappa shape index (κ1) is 17.2. The van der Waals surface area contributed by atoms with Gasteiger partial charge in [0.2, 0.25) is 0 Å². The molecule has 116 valence electrons. The standard InChI is InChI=1S/C14H18ClFN2O3/c1-9(2)18(7-3-4-13(19)20)14(21)17-10-5-6-12(16)11(15)8-10/h5-6,8-9H,3-4,7H2,1-2H3,(H,17,21)(H,19,20). The number of carbonyl (C=O) groups is 2. The number of amides is 2. The highest BCUT2D eigenvalue weighted by Gasteiger charge is 2.17. The lowest BCUT2D eigenvalue weighted by Gasteiger charge is -2.26. The fourth-order valence-electron chi connectivity index (χ4n) is 1.76. The second kappa shape index (κ2) is 7.83. The molecule has 0 radical (unpaired) electrons. The van der Waals surface area contributed by atoms with Crippen molar-refractivity contribution in [2.24, 2.45) is 0 Å². The quantitative estimate of drug-likeness (QED) is 0.842. The number of hydrogen-bond donors (Lipinski definition) is 2. The molecule has 5 nitrogen and oxygen atoms in total. The molecule has 0 spiro atoms. The third-order valence-electron chi connectivity index (χ3n) is 2.84. The molecular weight excluding hydrogens is 299 g/mol. The van der Waals surface area contributed by atoms with Crippen molar-refractivity contribution < 1.29 is 19.1 Å². The van der Waals surface area contributed by atoms with Crippen molar-refractivity contribution in [2.75, 3.05) is 11.9 Å². The summed E-state index contributed by atoms with van der Waals surface area (Å²) in [6.45, 7) is 3.99. The summed E-state index contributed by atoms with van der Waals surface area (Å²) in [5.74, 6) is -1.46. The molecular formula is C14H18ClFN2O3. The number of halogens is 2. The van der Waals surface area contributed by atoms with E-state index in [1.165, 1.54) is 23.1 Å². The van der Waals surface area contributed by atoms with E-state index in [4.69, 9.17) is 16.7 Å². The molecule has 2 amide bonds. The Kier molecular flexibility index (Phi) is 6.42. The second-order valence-electron chi connectivity index (χ2n) is 4.84. The molecule has 1 aromatic carbocycles. The lowest BCUT2D eigenvalue weighted by atomic mass is 10.2. The molecule has 21 heavy (non-hydrogen) atoms. The summed E-state index contributed by atoms with van der Waals surface area (Å²) in [4.78, 5) is 24.2. The average Bonchev–Trinajstić information content (AvgIpc) is 2.38. The maximum Gasteiger partial charge on any atom is 0.322 e. The molecule has 0 bridgehead atoms. The van der Waals surface area contributed by atoms with Gasteiger partial charge in [-0.3, -0.25) is 4.79 Å². The third-order valence-corrected chi connectivity index (χ3v) is 3.13. The van der Waals surface area contributed by atoms with Gasteiger partial charge < -0.3 is 15.3 Å². The van der Waals surface area contributed by atoms with E-state index in [1.807, 2.05) is 13.8 Å². The van der Waals surface area contributed by atoms with Gasteiger partial charge >= 0.3 is 12.0 Å². The molecule has 1 rings (SSSR count). The van der Waals surface area contributed by atoms with Gasteiger partial charge in [-0.2, -0.15) is 0 Å². The van der Waals surface area contributed by atoms with Crippen molar-refractivity contribution in [3.05, 3.63) is 29.0 Å². The fourth-order valence-corrected chi connectivity index (χ4v) is 1.94. The molecule has 0 saturated carbocycles. The van der Waals surface area contributed by atoms with Crippen molar-refractivity contribution in [1.82, 2.24) is 4.90 Å². The van der Waals surface area contributed by atoms with Crippen LogP contribution in [0.15, 0.2) is 18.2 Å². The SMILES string of the molecule is CC(C)N(CCCC(=O)O)C(=O)Nc1ccc(F)c(Cl)c1. The molecule has 0 aliphatic rings. The van der Waals surface area contributed by atoms with E-state index in [2.05, 4.69) is 5.32 Å². The van der Waals surface area contributed by atoms with Crippen molar-refractivity contribution in [1.29, 1.82) is 0 Å². The second-order valence-corrected chi connectivity index (χ2v) is 5.25. The molecule has 1 aromatic rings. The van der Waals surface area contributed by atoms with Gasteiger partial charge in [0.25, 0.3) is 0 Å². The van der Waals surface area contributed by atoms with Crippen LogP contribution < -0.4 is 5.32 Å². The molecule has 0 heterocycles. The van der Waals surface area contributed by atoms with Crippen LogP contribution in [0, 0.1) is 5.82 Å². The van der Waals surface area contributed by atoms with E-state index >= 15 is 0 Å². The van der Waals surface area contributed by atoms with Crippen molar-refractivity contribution >= 4 is 29.3 Å². The summed E-state index contributed by atoms with van der Waals surface area (Å²) < 4.78 is 13.1. The molecule has 2 N–H and O–H groups in total. The number of rotatable bonds is 6. The Morgan fingerprint density at radius 2 is 2.10 bits per heavy atom. The molecule has 7 heteroatoms. The van der Waals surface area contributed by atoms with Crippen LogP contribution >= 0.6 is 11.6 Å². The van der Waals surface area contributed by atoms with Crippen LogP contribution in [0.5, 0.6) is 0 Å². The number of nitrogens with one attached hydrogen (secondary N) is 1. The molecule has 0 saturated heterocycles. The van der Waals surface area contributed by atoms with E-state index in [0.717, 1.165) is 0 Å². The Balaban J connectivity index is 2.67. The van der Waals surface area contributed by atoms with Crippen LogP contribution in [0.25, 0.3) is 0 Å². The van der Waals surface area contributed by atoms with E-state index in [9.17, 15) is 14.0 Å². The highest BCUT2D eigenvalue weighted by atomic mass is 35.5. The summed E-state index contributed by atoms with van der Waals surface area (Å²) in [5, 5.41) is 11.2. The number of benzene rings is 1. The summed E-state index contributed by atoms with van der Waals surface area (Å²) >= 11 is 5.65. The smallest absolute Gasteiger partial charge is 0.322 e. The zero-order chi connectivity index (χ0) is 16.0. The average molecular weight is 317 g/mol. The Morgan fingerprint density at radius 1 is 1.43 bits per heavy atom. The lowest BCUT2D eigenvalue weighted by Crippen LogP contribution is -2.40. The van der Waals surface area contributed by atoms with E-state index in [1.54, 1.807) is 0 Å². The predicted molar refractivity (Wildman–Crippen MR) is 79.1 cm³/mol. The van der Waals surface area contributed by atoms with Crippen molar-refractivity contribution in [3.8, 4) is 0 Å². The predicted octanol–water partition coefficient (Wildman–Crippen LogP) is 3.59. The highest BCUT2D eigenvalue weighted by Crippen LogP contribution is 2.20. The molecule has 0 unspecified atom stereocenters. The van der Waals surface area contributed by atoms with Crippen LogP contribution in [-0.2, 0) is 4.79 Å². The largest absolute Gasteiger partial charge is 0.481 e. The number of carboxylic acid groups (broad SMARTS) is 1. The summed E-state index contributed by atoms with van der Waals surface area (Å²) in [5.41, 5.74) is 0.385. The Hall–Kier alpha value is -1.82. The molecule has 0 aliphatic carbocycles. The minimum Gasteiger partial charge on any atom is -0.481 e. The minimum atomic E-state index is -0.899. The maximum atomic E-state index is 13.1. The van der Waals surface area contributed by atoms with Gasteiger partial charge in [-0.1, -0.05) is 11.6 Å². The minimum absolute atomic E-state index is 0.00111. The van der Waals surface area contributed by atoms with Gasteiger partial charge in [-0.25, -0.2) is 9.18 Å². The van der Waals surface area contributed by atoms with Gasteiger partial charge in [0, 0.05) is 24.7 Å². The number of anilines is 1. The van der Waals surface area contributed by atoms with Crippen LogP contribution in [0.3, 0.4) is 0 Å². The number of hydrogen-bond acceptors (Lipinski definition) is 2. The molecule has 0 fully saturated rings. The lowest BCUT2D eigenvalue weighted by molar-refractivity contribution is -0.137. The normalized spacial score (nSPS) is 10.5. The van der Waals surface area contributed by atoms with Gasteiger partial charge in [0.1, 0.15) is 5.82 Å². The number of urea groups is 1. The first-order valence-electron chi connectivity index (χ1n) is 6.55. The van der Waals surface area contributed by atoms with Gasteiger partial charge in [0.05, 0.1) is 5.02 Å². The summed E-state index contributed by atoms with van der Waals surface area (Å²) in [6.07, 6.45) is 0.365. The fraction of sp³-hybridized carbons (Fsp3) is 0.429. The van der Waals surface area contributed by atoms with Gasteiger partial charge in [0.15, 0.2) is 0 Å². The Bertz CT molecular complexity index is 523. The first-order valence-corrected chi connectivity index (χ1v) is 6.93. The Labute approximate surface area is 127 Å². The number of carboxylic acids is 1. The van der Waals surface area contributed by atoms with Crippen LogP contribution in [0.1, 0.15) is 26.7 Å². The van der Waals surface area contributed by atoms with E-state index in [0.29, 0.717) is 18.7 Å². The number of carbonyl (C=O) groups excluding carboxylic acids is 1. The third kappa shape index (κ3) is 5.59. The molecule has 0 aromatic heterocycles. The number of nitrogens with zero attached hydrogens (tertiary/aromatic N) is 1. The van der Waals surface area contributed by atoms with Gasteiger partial charge in [-0.15, -0.1) is 0 Å². The highest BCUT2D eigenvalue weighted by molar-refractivity contribution is 6.31. The first-order chi connectivity index (χ1) is 9.81. The van der Waals surface area contributed by atoms with Crippen LogP contribution in [0.4, 0.5) is 14.9 Å². The van der Waals surface area contributed by atoms with Crippen LogP contribution in [-0.4, -0.2) is 34.6 Å². The zero-order valence-corrected chi connectivity index (χ0v) is 12.7. The molecule has 0 aliphatic heterocycles. The maximum absolute atomic E-state index is 13.1. The van der Waals surface area contributed by atoms with Crippen molar-refractivity contribution in [3.63, 3.8) is 0 Å². The van der Waals surface area contributed by atoms with E-state index in [-0.39, 0.29) is 23.5 Å². The summed E-state index contributed by atoms with van der Waals surface area (Å²) in [7, 11) is 0.